The Balaban J connectivity index is 3.14. The molecule has 0 aliphatic rings. The van der Waals surface area contributed by atoms with E-state index in [4.69, 9.17) is 5.73 Å². The molecule has 0 bridgehead atoms. The zero-order valence-corrected chi connectivity index (χ0v) is 8.40. The van der Waals surface area contributed by atoms with Gasteiger partial charge in [0.15, 0.2) is 0 Å². The molecule has 0 unspecified atom stereocenters. The third-order valence-electron chi connectivity index (χ3n) is 1.93. The molecule has 0 spiro atoms. The highest BCUT2D eigenvalue weighted by atomic mass is 14.9. The van der Waals surface area contributed by atoms with Gasteiger partial charge in [-0.05, 0) is 25.3 Å². The van der Waals surface area contributed by atoms with Crippen LogP contribution in [0, 0.1) is 5.92 Å². The number of rotatable bonds is 7. The van der Waals surface area contributed by atoms with Gasteiger partial charge in [-0.1, -0.05) is 26.8 Å². The van der Waals surface area contributed by atoms with Crippen LogP contribution in [0.5, 0.6) is 0 Å². The highest BCUT2D eigenvalue weighted by molar-refractivity contribution is 4.93. The summed E-state index contributed by atoms with van der Waals surface area (Å²) in [7, 11) is 0. The average molecular weight is 170 g/mol. The molecule has 0 radical (unpaired) electrons. The fraction of sp³-hybridized carbons (Fsp3) is 0.800. The van der Waals surface area contributed by atoms with Crippen LogP contribution in [0.1, 0.15) is 33.1 Å². The zero-order chi connectivity index (χ0) is 9.40. The normalized spacial score (nSPS) is 10.3. The van der Waals surface area contributed by atoms with E-state index in [1.807, 2.05) is 0 Å². The van der Waals surface area contributed by atoms with Gasteiger partial charge in [-0.3, -0.25) is 0 Å². The lowest BCUT2D eigenvalue weighted by Gasteiger charge is -2.11. The van der Waals surface area contributed by atoms with Gasteiger partial charge in [0.05, 0.1) is 0 Å². The summed E-state index contributed by atoms with van der Waals surface area (Å²) in [5.74, 6) is 0.541. The highest BCUT2D eigenvalue weighted by Crippen LogP contribution is 2.02. The first-order valence-corrected chi connectivity index (χ1v) is 4.81. The van der Waals surface area contributed by atoms with Gasteiger partial charge in [-0.25, -0.2) is 0 Å². The minimum atomic E-state index is 0.541. The summed E-state index contributed by atoms with van der Waals surface area (Å²) in [5.41, 5.74) is 6.52. The van der Waals surface area contributed by atoms with Crippen molar-refractivity contribution < 1.29 is 0 Å². The lowest BCUT2D eigenvalue weighted by molar-refractivity contribution is 0.605. The highest BCUT2D eigenvalue weighted by Gasteiger charge is 1.97. The van der Waals surface area contributed by atoms with Crippen LogP contribution in [0.4, 0.5) is 0 Å². The van der Waals surface area contributed by atoms with Crippen LogP contribution in [0.15, 0.2) is 12.3 Å². The number of hydrogen-bond donors (Lipinski definition) is 2. The van der Waals surface area contributed by atoms with Crippen molar-refractivity contribution in [3.8, 4) is 0 Å². The molecule has 0 rings (SSSR count). The Morgan fingerprint density at radius 2 is 2.00 bits per heavy atom. The number of allylic oxidation sites excluding steroid dienone is 1. The monoisotopic (exact) mass is 170 g/mol. The number of unbranched alkanes of at least 4 members (excludes halogenated alkanes) is 2. The van der Waals surface area contributed by atoms with Crippen LogP contribution in [-0.2, 0) is 0 Å². The van der Waals surface area contributed by atoms with E-state index in [0.717, 1.165) is 25.2 Å². The third kappa shape index (κ3) is 6.23. The van der Waals surface area contributed by atoms with Gasteiger partial charge in [0.2, 0.25) is 0 Å². The van der Waals surface area contributed by atoms with Crippen LogP contribution in [-0.4, -0.2) is 13.1 Å². The van der Waals surface area contributed by atoms with Crippen molar-refractivity contribution in [2.45, 2.75) is 33.1 Å². The van der Waals surface area contributed by atoms with Crippen molar-refractivity contribution in [3.05, 3.63) is 12.3 Å². The Kier molecular flexibility index (Phi) is 6.87. The molecule has 0 saturated heterocycles. The maximum atomic E-state index is 5.38. The van der Waals surface area contributed by atoms with E-state index in [1.165, 1.54) is 12.8 Å². The quantitative estimate of drug-likeness (QED) is 0.572. The summed E-state index contributed by atoms with van der Waals surface area (Å²) in [6.07, 6.45) is 3.55. The molecule has 0 amide bonds. The summed E-state index contributed by atoms with van der Waals surface area (Å²) < 4.78 is 0. The SMILES string of the molecule is C=C(NCCCCCN)C(C)C. The Morgan fingerprint density at radius 3 is 2.50 bits per heavy atom. The molecule has 0 aromatic carbocycles. The smallest absolute Gasteiger partial charge is 0.0143 e. The van der Waals surface area contributed by atoms with Gasteiger partial charge in [0, 0.05) is 12.2 Å². The van der Waals surface area contributed by atoms with E-state index >= 15 is 0 Å². The Bertz CT molecular complexity index is 119. The van der Waals surface area contributed by atoms with Gasteiger partial charge in [-0.15, -0.1) is 0 Å². The summed E-state index contributed by atoms with van der Waals surface area (Å²) in [6.45, 7) is 10.1. The number of nitrogens with two attached hydrogens (primary N) is 1. The standard InChI is InChI=1S/C10H22N2/c1-9(2)10(3)12-8-6-4-5-7-11/h9,12H,3-8,11H2,1-2H3. The van der Waals surface area contributed by atoms with Gasteiger partial charge in [-0.2, -0.15) is 0 Å². The summed E-state index contributed by atoms with van der Waals surface area (Å²) in [6, 6.07) is 0. The minimum Gasteiger partial charge on any atom is -0.389 e. The van der Waals surface area contributed by atoms with E-state index in [1.54, 1.807) is 0 Å². The van der Waals surface area contributed by atoms with Crippen LogP contribution in [0.25, 0.3) is 0 Å². The van der Waals surface area contributed by atoms with Crippen LogP contribution >= 0.6 is 0 Å². The predicted molar refractivity (Wildman–Crippen MR) is 54.9 cm³/mol. The van der Waals surface area contributed by atoms with E-state index in [0.29, 0.717) is 5.92 Å². The van der Waals surface area contributed by atoms with Crippen LogP contribution in [0.3, 0.4) is 0 Å². The molecule has 72 valence electrons. The Labute approximate surface area is 76.2 Å². The molecule has 0 aliphatic heterocycles. The second-order valence-corrected chi connectivity index (χ2v) is 3.46. The largest absolute Gasteiger partial charge is 0.389 e. The van der Waals surface area contributed by atoms with E-state index in [-0.39, 0.29) is 0 Å². The lowest BCUT2D eigenvalue weighted by atomic mass is 10.1. The van der Waals surface area contributed by atoms with Crippen molar-refractivity contribution in [2.75, 3.05) is 13.1 Å². The number of nitrogens with one attached hydrogen (secondary N) is 1. The number of hydrogen-bond acceptors (Lipinski definition) is 2. The third-order valence-corrected chi connectivity index (χ3v) is 1.93. The molecule has 0 aromatic heterocycles. The van der Waals surface area contributed by atoms with E-state index in [2.05, 4.69) is 25.7 Å². The molecule has 2 nitrogen and oxygen atoms in total. The molecule has 0 atom stereocenters. The maximum absolute atomic E-state index is 5.38. The molecule has 0 aliphatic carbocycles. The Hall–Kier alpha value is -0.500. The van der Waals surface area contributed by atoms with Crippen molar-refractivity contribution >= 4 is 0 Å². The molecule has 2 heteroatoms. The van der Waals surface area contributed by atoms with Crippen molar-refractivity contribution in [1.82, 2.24) is 5.32 Å². The fourth-order valence-corrected chi connectivity index (χ4v) is 0.899. The van der Waals surface area contributed by atoms with E-state index < -0.39 is 0 Å². The minimum absolute atomic E-state index is 0.541. The van der Waals surface area contributed by atoms with Crippen LogP contribution < -0.4 is 11.1 Å². The zero-order valence-electron chi connectivity index (χ0n) is 8.40. The maximum Gasteiger partial charge on any atom is 0.0143 e. The lowest BCUT2D eigenvalue weighted by Crippen LogP contribution is -2.17. The fourth-order valence-electron chi connectivity index (χ4n) is 0.899. The molecular weight excluding hydrogens is 148 g/mol. The summed E-state index contributed by atoms with van der Waals surface area (Å²) in [5, 5.41) is 3.31. The average Bonchev–Trinajstić information content (AvgIpc) is 2.03. The topological polar surface area (TPSA) is 38.0 Å². The molecule has 0 heterocycles. The Morgan fingerprint density at radius 1 is 1.33 bits per heavy atom. The first-order valence-electron chi connectivity index (χ1n) is 4.81. The van der Waals surface area contributed by atoms with Gasteiger partial charge in [0.1, 0.15) is 0 Å². The second-order valence-electron chi connectivity index (χ2n) is 3.46. The summed E-state index contributed by atoms with van der Waals surface area (Å²) in [4.78, 5) is 0. The first kappa shape index (κ1) is 11.5. The van der Waals surface area contributed by atoms with Crippen molar-refractivity contribution in [2.24, 2.45) is 11.7 Å². The first-order chi connectivity index (χ1) is 5.68. The molecule has 3 N–H and O–H groups in total. The van der Waals surface area contributed by atoms with E-state index in [9.17, 15) is 0 Å². The van der Waals surface area contributed by atoms with Gasteiger partial charge < -0.3 is 11.1 Å². The van der Waals surface area contributed by atoms with Gasteiger partial charge >= 0.3 is 0 Å². The summed E-state index contributed by atoms with van der Waals surface area (Å²) >= 11 is 0. The molecule has 0 saturated carbocycles. The molecule has 12 heavy (non-hydrogen) atoms. The van der Waals surface area contributed by atoms with Crippen molar-refractivity contribution in [1.29, 1.82) is 0 Å². The van der Waals surface area contributed by atoms with Crippen molar-refractivity contribution in [3.63, 3.8) is 0 Å². The van der Waals surface area contributed by atoms with Gasteiger partial charge in [0.25, 0.3) is 0 Å². The second kappa shape index (κ2) is 7.17. The molecule has 0 aromatic rings. The molecular formula is C10H22N2. The molecule has 0 fully saturated rings. The predicted octanol–water partition coefficient (Wildman–Crippen LogP) is 1.87. The van der Waals surface area contributed by atoms with Crippen LogP contribution in [0.2, 0.25) is 0 Å².